The zero-order valence-corrected chi connectivity index (χ0v) is 28.8. The molecule has 252 valence electrons. The van der Waals surface area contributed by atoms with Crippen LogP contribution in [0.3, 0.4) is 0 Å². The molecule has 3 atom stereocenters. The molecule has 4 N–H and O–H groups in total. The third-order valence-electron chi connectivity index (χ3n) is 8.38. The van der Waals surface area contributed by atoms with Crippen molar-refractivity contribution in [3.63, 3.8) is 0 Å². The Hall–Kier alpha value is -3.68. The third kappa shape index (κ3) is 9.91. The van der Waals surface area contributed by atoms with Crippen LogP contribution in [0.15, 0.2) is 41.1 Å². The number of rotatable bonds is 5. The first-order chi connectivity index (χ1) is 22.8. The number of fused-ring (bicyclic) bond motifs is 4. The molecule has 1 saturated heterocycles. The second kappa shape index (κ2) is 16.9. The van der Waals surface area contributed by atoms with E-state index in [9.17, 15) is 19.2 Å². The lowest BCUT2D eigenvalue weighted by Crippen LogP contribution is -2.49. The quantitative estimate of drug-likeness (QED) is 0.313. The van der Waals surface area contributed by atoms with E-state index in [0.29, 0.717) is 61.0 Å². The summed E-state index contributed by atoms with van der Waals surface area (Å²) in [4.78, 5) is 64.4. The molecule has 2 aliphatic heterocycles. The normalized spacial score (nSPS) is 22.1. The number of thiazole rings is 2. The molecule has 2 aromatic heterocycles. The molecule has 4 heterocycles. The van der Waals surface area contributed by atoms with Crippen LogP contribution in [0.2, 0.25) is 0 Å². The molecule has 4 bridgehead atoms. The van der Waals surface area contributed by atoms with Gasteiger partial charge in [0, 0.05) is 36.8 Å². The minimum Gasteiger partial charge on any atom is -0.351 e. The third-order valence-corrected chi connectivity index (χ3v) is 10.3. The van der Waals surface area contributed by atoms with Gasteiger partial charge in [0.1, 0.15) is 21.4 Å². The van der Waals surface area contributed by atoms with Crippen molar-refractivity contribution < 1.29 is 19.2 Å². The fourth-order valence-corrected chi connectivity index (χ4v) is 7.67. The summed E-state index contributed by atoms with van der Waals surface area (Å²) in [6.45, 7) is 6.30. The highest BCUT2D eigenvalue weighted by Gasteiger charge is 2.27. The minimum atomic E-state index is -0.477. The molecule has 47 heavy (non-hydrogen) atoms. The lowest BCUT2D eigenvalue weighted by molar-refractivity contribution is -0.134. The van der Waals surface area contributed by atoms with Gasteiger partial charge in [-0.3, -0.25) is 19.2 Å². The average Bonchev–Trinajstić information content (AvgIpc) is 3.77. The van der Waals surface area contributed by atoms with Crippen LogP contribution in [0.5, 0.6) is 0 Å². The number of hydrogen-bond acceptors (Lipinski definition) is 9. The van der Waals surface area contributed by atoms with Gasteiger partial charge < -0.3 is 26.2 Å². The second-order valence-corrected chi connectivity index (χ2v) is 14.4. The Morgan fingerprint density at radius 1 is 0.872 bits per heavy atom. The maximum Gasteiger partial charge on any atom is 0.271 e. The summed E-state index contributed by atoms with van der Waals surface area (Å²) in [6.07, 6.45) is 5.39. The Balaban J connectivity index is 1.39. The van der Waals surface area contributed by atoms with E-state index >= 15 is 0 Å². The molecule has 5 rings (SSSR count). The summed E-state index contributed by atoms with van der Waals surface area (Å²) in [7, 11) is 0. The van der Waals surface area contributed by atoms with Crippen molar-refractivity contribution in [3.05, 3.63) is 68.1 Å². The molecule has 0 aliphatic carbocycles. The molecule has 1 aromatic carbocycles. The largest absolute Gasteiger partial charge is 0.351 e. The summed E-state index contributed by atoms with van der Waals surface area (Å²) in [5.74, 6) is -0.411. The first-order valence-corrected chi connectivity index (χ1v) is 18.4. The van der Waals surface area contributed by atoms with Crippen LogP contribution in [0.25, 0.3) is 0 Å². The van der Waals surface area contributed by atoms with Crippen molar-refractivity contribution in [1.29, 1.82) is 0 Å². The van der Waals surface area contributed by atoms with Crippen LogP contribution >= 0.6 is 22.7 Å². The standard InChI is InChI=1S/C34H45N7O4S2/c1-22(2)18-25-32-40-28(21-47-32)31(44)38-26(19-23-10-4-3-5-11-23)33-39-27(20-46-33)30(43)36-15-9-17-41(16-8-13-29(42)37-25)34(45)24-12-6-7-14-35-24/h3-5,10-11,20-22,24-26,35H,6-9,12-19H2,1-2H3,(H,36,43)(H,37,42)(H,38,44)/t24-,25?,26+/m1/s1. The number of hydrogen-bond donors (Lipinski definition) is 4. The summed E-state index contributed by atoms with van der Waals surface area (Å²) < 4.78 is 0. The molecule has 1 unspecified atom stereocenters. The number of piperidine rings is 1. The summed E-state index contributed by atoms with van der Waals surface area (Å²) in [5, 5.41) is 17.3. The topological polar surface area (TPSA) is 145 Å². The van der Waals surface area contributed by atoms with Crippen molar-refractivity contribution in [2.75, 3.05) is 26.2 Å². The van der Waals surface area contributed by atoms with Crippen molar-refractivity contribution in [2.45, 2.75) is 83.3 Å². The zero-order chi connectivity index (χ0) is 33.2. The molecule has 13 heteroatoms. The van der Waals surface area contributed by atoms with Gasteiger partial charge >= 0.3 is 0 Å². The van der Waals surface area contributed by atoms with Crippen LogP contribution in [0.1, 0.15) is 107 Å². The molecule has 2 aliphatic rings. The number of carbonyl (C=O) groups is 4. The van der Waals surface area contributed by atoms with Gasteiger partial charge in [0.05, 0.1) is 18.1 Å². The zero-order valence-electron chi connectivity index (χ0n) is 27.1. The molecule has 4 amide bonds. The number of nitrogens with one attached hydrogen (secondary N) is 4. The van der Waals surface area contributed by atoms with Crippen LogP contribution in [0.4, 0.5) is 0 Å². The number of amides is 4. The van der Waals surface area contributed by atoms with Crippen LogP contribution in [-0.4, -0.2) is 70.7 Å². The fourth-order valence-electron chi connectivity index (χ4n) is 5.95. The Morgan fingerprint density at radius 3 is 2.28 bits per heavy atom. The Morgan fingerprint density at radius 2 is 1.57 bits per heavy atom. The molecular weight excluding hydrogens is 635 g/mol. The van der Waals surface area contributed by atoms with E-state index in [0.717, 1.165) is 31.4 Å². The highest BCUT2D eigenvalue weighted by Crippen LogP contribution is 2.27. The lowest BCUT2D eigenvalue weighted by Gasteiger charge is -2.30. The first-order valence-electron chi connectivity index (χ1n) is 16.6. The molecule has 0 saturated carbocycles. The van der Waals surface area contributed by atoms with Gasteiger partial charge in [0.25, 0.3) is 11.8 Å². The van der Waals surface area contributed by atoms with E-state index in [1.165, 1.54) is 22.7 Å². The molecule has 11 nitrogen and oxygen atoms in total. The highest BCUT2D eigenvalue weighted by molar-refractivity contribution is 7.10. The summed E-state index contributed by atoms with van der Waals surface area (Å²) >= 11 is 2.68. The van der Waals surface area contributed by atoms with Gasteiger partial charge in [0.2, 0.25) is 11.8 Å². The first kappa shape index (κ1) is 34.6. The maximum atomic E-state index is 13.5. The second-order valence-electron chi connectivity index (χ2n) is 12.6. The van der Waals surface area contributed by atoms with Gasteiger partial charge in [-0.05, 0) is 56.6 Å². The molecule has 0 radical (unpaired) electrons. The van der Waals surface area contributed by atoms with E-state index in [4.69, 9.17) is 0 Å². The SMILES string of the molecule is CC(C)CC1NC(=O)CCCN(C(=O)[C@H]2CCCCN2)CCCNC(=O)c2csc(n2)[C@H](Cc2ccccc2)NC(=O)c2csc1n2. The molecular formula is C34H45N7O4S2. The van der Waals surface area contributed by atoms with Gasteiger partial charge in [-0.1, -0.05) is 50.6 Å². The van der Waals surface area contributed by atoms with Crippen molar-refractivity contribution >= 4 is 46.3 Å². The van der Waals surface area contributed by atoms with Crippen molar-refractivity contribution in [3.8, 4) is 0 Å². The number of carbonyl (C=O) groups excluding carboxylic acids is 4. The summed E-state index contributed by atoms with van der Waals surface area (Å²) in [6, 6.07) is 8.79. The van der Waals surface area contributed by atoms with E-state index in [2.05, 4.69) is 45.1 Å². The maximum absolute atomic E-state index is 13.5. The van der Waals surface area contributed by atoms with E-state index in [1.54, 1.807) is 10.8 Å². The Labute approximate surface area is 284 Å². The number of benzene rings is 1. The van der Waals surface area contributed by atoms with Crippen LogP contribution < -0.4 is 21.3 Å². The molecule has 0 spiro atoms. The minimum absolute atomic E-state index is 0.0496. The van der Waals surface area contributed by atoms with Gasteiger partial charge in [-0.15, -0.1) is 22.7 Å². The fraction of sp³-hybridized carbons (Fsp3) is 0.529. The number of aromatic nitrogens is 2. The Kier molecular flexibility index (Phi) is 12.5. The van der Waals surface area contributed by atoms with Crippen molar-refractivity contribution in [1.82, 2.24) is 36.1 Å². The molecule has 3 aromatic rings. The highest BCUT2D eigenvalue weighted by atomic mass is 32.1. The van der Waals surface area contributed by atoms with Crippen molar-refractivity contribution in [2.24, 2.45) is 5.92 Å². The smallest absolute Gasteiger partial charge is 0.271 e. The van der Waals surface area contributed by atoms with E-state index in [1.807, 2.05) is 35.2 Å². The van der Waals surface area contributed by atoms with Crippen LogP contribution in [0, 0.1) is 5.92 Å². The predicted octanol–water partition coefficient (Wildman–Crippen LogP) is 4.40. The lowest BCUT2D eigenvalue weighted by atomic mass is 10.0. The Bertz CT molecular complexity index is 1500. The average molecular weight is 680 g/mol. The number of nitrogens with zero attached hydrogens (tertiary/aromatic N) is 3. The predicted molar refractivity (Wildman–Crippen MR) is 183 cm³/mol. The monoisotopic (exact) mass is 679 g/mol. The summed E-state index contributed by atoms with van der Waals surface area (Å²) in [5.41, 5.74) is 1.59. The van der Waals surface area contributed by atoms with E-state index in [-0.39, 0.29) is 53.7 Å². The van der Waals surface area contributed by atoms with Gasteiger partial charge in [0.15, 0.2) is 0 Å². The van der Waals surface area contributed by atoms with E-state index < -0.39 is 6.04 Å². The molecule has 1 fully saturated rings. The van der Waals surface area contributed by atoms with Gasteiger partial charge in [-0.2, -0.15) is 0 Å². The van der Waals surface area contributed by atoms with Crippen LogP contribution in [-0.2, 0) is 16.0 Å². The van der Waals surface area contributed by atoms with Gasteiger partial charge in [-0.25, -0.2) is 9.97 Å².